The summed E-state index contributed by atoms with van der Waals surface area (Å²) in [6.07, 6.45) is 93.0. The van der Waals surface area contributed by atoms with E-state index in [1.807, 2.05) is 6.08 Å². The molecule has 83 heavy (non-hydrogen) atoms. The summed E-state index contributed by atoms with van der Waals surface area (Å²) < 4.78 is 16.9. The number of carbonyl (C=O) groups excluding carboxylic acids is 3. The lowest BCUT2D eigenvalue weighted by Crippen LogP contribution is -2.30. The molecule has 0 aromatic rings. The molecule has 1 unspecified atom stereocenters. The fraction of sp³-hybridized carbons (Fsp3) is 0.831. The molecule has 1 atom stereocenters. The van der Waals surface area contributed by atoms with Crippen molar-refractivity contribution >= 4 is 17.9 Å². The van der Waals surface area contributed by atoms with Gasteiger partial charge < -0.3 is 14.2 Å². The molecule has 0 bridgehead atoms. The van der Waals surface area contributed by atoms with Gasteiger partial charge in [-0.15, -0.1) is 0 Å². The first kappa shape index (κ1) is 80.1. The Bertz CT molecular complexity index is 1470. The van der Waals surface area contributed by atoms with Gasteiger partial charge in [0.25, 0.3) is 0 Å². The number of unbranched alkanes of at least 4 members (excludes halogenated alkanes) is 47. The van der Waals surface area contributed by atoms with E-state index in [-0.39, 0.29) is 37.5 Å². The highest BCUT2D eigenvalue weighted by Crippen LogP contribution is 2.19. The van der Waals surface area contributed by atoms with E-state index < -0.39 is 6.10 Å². The molecule has 0 saturated heterocycles. The van der Waals surface area contributed by atoms with Gasteiger partial charge in [-0.3, -0.25) is 14.4 Å². The van der Waals surface area contributed by atoms with E-state index in [0.717, 1.165) is 64.2 Å². The molecular formula is C77H140O6. The van der Waals surface area contributed by atoms with Gasteiger partial charge in [0, 0.05) is 19.3 Å². The van der Waals surface area contributed by atoms with Crippen LogP contribution in [0.5, 0.6) is 0 Å². The minimum Gasteiger partial charge on any atom is -0.462 e. The molecule has 484 valence electrons. The molecule has 0 aromatic heterocycles. The van der Waals surface area contributed by atoms with Crippen molar-refractivity contribution in [3.8, 4) is 0 Å². The van der Waals surface area contributed by atoms with Crippen LogP contribution in [0.1, 0.15) is 393 Å². The summed E-state index contributed by atoms with van der Waals surface area (Å²) in [5, 5.41) is 0. The molecule has 6 nitrogen and oxygen atoms in total. The van der Waals surface area contributed by atoms with Crippen molar-refractivity contribution in [1.82, 2.24) is 0 Å². The zero-order chi connectivity index (χ0) is 59.9. The molecule has 0 saturated carbocycles. The predicted octanol–water partition coefficient (Wildman–Crippen LogP) is 25.5. The summed E-state index contributed by atoms with van der Waals surface area (Å²) in [5.74, 6) is -0.955. The molecule has 0 aromatic carbocycles. The third-order valence-electron chi connectivity index (χ3n) is 16.5. The van der Waals surface area contributed by atoms with Crippen LogP contribution in [0.25, 0.3) is 0 Å². The number of esters is 3. The van der Waals surface area contributed by atoms with Crippen LogP contribution in [-0.2, 0) is 28.6 Å². The topological polar surface area (TPSA) is 78.9 Å². The van der Waals surface area contributed by atoms with Crippen LogP contribution in [0, 0.1) is 0 Å². The molecule has 0 N–H and O–H groups in total. The van der Waals surface area contributed by atoms with Gasteiger partial charge in [0.1, 0.15) is 13.2 Å². The standard InChI is InChI=1S/C77H140O6/c1-4-7-10-13-16-19-22-25-27-29-31-33-35-36-37-38-39-40-42-43-45-47-49-52-55-58-61-64-67-70-76(79)82-73-74(72-81-75(78)69-66-63-60-57-54-51-24-21-18-15-12-9-6-3)83-77(80)71-68-65-62-59-56-53-50-48-46-44-41-34-32-30-28-26-23-20-17-14-11-8-5-2/h9,12,18,21,30,32,51,54,60,63,74H,4-8,10-11,13-17,19-20,22-29,31,33-50,52-53,55-59,61-62,64-73H2,1-3H3/b12-9-,21-18-,32-30-,54-51-,63-60-. The zero-order valence-corrected chi connectivity index (χ0v) is 55.7. The van der Waals surface area contributed by atoms with Crippen LogP contribution in [-0.4, -0.2) is 37.2 Å². The Morgan fingerprint density at radius 1 is 0.253 bits per heavy atom. The molecule has 0 aliphatic rings. The van der Waals surface area contributed by atoms with Crippen molar-refractivity contribution in [1.29, 1.82) is 0 Å². The van der Waals surface area contributed by atoms with Crippen molar-refractivity contribution in [2.75, 3.05) is 13.2 Å². The molecule has 6 heteroatoms. The molecule has 0 heterocycles. The van der Waals surface area contributed by atoms with Gasteiger partial charge in [0.05, 0.1) is 0 Å². The highest BCUT2D eigenvalue weighted by atomic mass is 16.6. The first-order valence-electron chi connectivity index (χ1n) is 36.8. The van der Waals surface area contributed by atoms with Crippen LogP contribution < -0.4 is 0 Å². The lowest BCUT2D eigenvalue weighted by Gasteiger charge is -2.18. The normalized spacial score (nSPS) is 12.4. The van der Waals surface area contributed by atoms with E-state index in [0.29, 0.717) is 19.3 Å². The zero-order valence-electron chi connectivity index (χ0n) is 55.7. The average molecular weight is 1160 g/mol. The number of hydrogen-bond acceptors (Lipinski definition) is 6. The van der Waals surface area contributed by atoms with E-state index in [2.05, 4.69) is 75.5 Å². The lowest BCUT2D eigenvalue weighted by atomic mass is 10.0. The van der Waals surface area contributed by atoms with Gasteiger partial charge in [-0.1, -0.05) is 364 Å². The van der Waals surface area contributed by atoms with E-state index in [1.54, 1.807) is 0 Å². The van der Waals surface area contributed by atoms with Crippen molar-refractivity contribution in [3.05, 3.63) is 60.8 Å². The van der Waals surface area contributed by atoms with E-state index in [4.69, 9.17) is 14.2 Å². The average Bonchev–Trinajstić information content (AvgIpc) is 3.49. The van der Waals surface area contributed by atoms with E-state index in [9.17, 15) is 14.4 Å². The summed E-state index contributed by atoms with van der Waals surface area (Å²) in [6.45, 7) is 6.53. The van der Waals surface area contributed by atoms with Crippen LogP contribution in [0.3, 0.4) is 0 Å². The van der Waals surface area contributed by atoms with Crippen molar-refractivity contribution in [2.24, 2.45) is 0 Å². The van der Waals surface area contributed by atoms with Crippen molar-refractivity contribution in [2.45, 2.75) is 399 Å². The molecule has 0 aliphatic carbocycles. The predicted molar refractivity (Wildman–Crippen MR) is 362 cm³/mol. The Balaban J connectivity index is 4.21. The summed E-state index contributed by atoms with van der Waals surface area (Å²) in [4.78, 5) is 38.4. The van der Waals surface area contributed by atoms with Crippen LogP contribution in [0.2, 0.25) is 0 Å². The van der Waals surface area contributed by atoms with Gasteiger partial charge in [-0.25, -0.2) is 0 Å². The minimum absolute atomic E-state index is 0.0925. The summed E-state index contributed by atoms with van der Waals surface area (Å²) >= 11 is 0. The number of hydrogen-bond donors (Lipinski definition) is 0. The second-order valence-corrected chi connectivity index (χ2v) is 24.8. The Labute approximate surface area is 517 Å². The maximum Gasteiger partial charge on any atom is 0.306 e. The van der Waals surface area contributed by atoms with Crippen molar-refractivity contribution in [3.63, 3.8) is 0 Å². The first-order valence-corrected chi connectivity index (χ1v) is 36.8. The van der Waals surface area contributed by atoms with Gasteiger partial charge in [-0.05, 0) is 70.6 Å². The molecule has 0 rings (SSSR count). The van der Waals surface area contributed by atoms with Gasteiger partial charge >= 0.3 is 17.9 Å². The molecule has 0 spiro atoms. The Morgan fingerprint density at radius 3 is 0.807 bits per heavy atom. The fourth-order valence-electron chi connectivity index (χ4n) is 11.0. The minimum atomic E-state index is -0.803. The largest absolute Gasteiger partial charge is 0.462 e. The SMILES string of the molecule is CC/C=C\C/C=C\C/C=C\C/C=C\CCC(=O)OCC(COC(=O)CCCCCCCCCCCCCCCCCCCCCCCCCCCCCCC)OC(=O)CCCCCCCCCCCCC/C=C\CCCCCCCCCC. The molecular weight excluding hydrogens is 1020 g/mol. The third kappa shape index (κ3) is 69.8. The summed E-state index contributed by atoms with van der Waals surface area (Å²) in [5.41, 5.74) is 0. The van der Waals surface area contributed by atoms with Gasteiger partial charge in [0.15, 0.2) is 6.10 Å². The first-order chi connectivity index (χ1) is 41.0. The van der Waals surface area contributed by atoms with Gasteiger partial charge in [-0.2, -0.15) is 0 Å². The smallest absolute Gasteiger partial charge is 0.306 e. The van der Waals surface area contributed by atoms with Crippen molar-refractivity contribution < 1.29 is 28.6 Å². The second-order valence-electron chi connectivity index (χ2n) is 24.8. The molecule has 0 aliphatic heterocycles. The lowest BCUT2D eigenvalue weighted by molar-refractivity contribution is -0.166. The van der Waals surface area contributed by atoms with E-state index >= 15 is 0 Å². The maximum absolute atomic E-state index is 13.0. The number of allylic oxidation sites excluding steroid dienone is 10. The quantitative estimate of drug-likeness (QED) is 0.0261. The summed E-state index contributed by atoms with van der Waals surface area (Å²) in [6, 6.07) is 0. The monoisotopic (exact) mass is 1160 g/mol. The molecule has 0 amide bonds. The van der Waals surface area contributed by atoms with Crippen LogP contribution in [0.15, 0.2) is 60.8 Å². The van der Waals surface area contributed by atoms with Gasteiger partial charge in [0.2, 0.25) is 0 Å². The highest BCUT2D eigenvalue weighted by molar-refractivity contribution is 5.71. The number of carbonyl (C=O) groups is 3. The number of rotatable bonds is 68. The molecule has 0 fully saturated rings. The second kappa shape index (κ2) is 71.6. The maximum atomic E-state index is 13.0. The number of ether oxygens (including phenoxy) is 3. The Hall–Kier alpha value is -2.89. The Morgan fingerprint density at radius 2 is 0.494 bits per heavy atom. The molecule has 0 radical (unpaired) electrons. The summed E-state index contributed by atoms with van der Waals surface area (Å²) in [7, 11) is 0. The Kier molecular flexibility index (Phi) is 69.1. The van der Waals surface area contributed by atoms with E-state index in [1.165, 1.54) is 283 Å². The highest BCUT2D eigenvalue weighted by Gasteiger charge is 2.19. The van der Waals surface area contributed by atoms with Crippen LogP contribution >= 0.6 is 0 Å². The third-order valence-corrected chi connectivity index (χ3v) is 16.5. The van der Waals surface area contributed by atoms with Crippen LogP contribution in [0.4, 0.5) is 0 Å². The fourth-order valence-corrected chi connectivity index (χ4v) is 11.0.